The zero-order valence-corrected chi connectivity index (χ0v) is 8.96. The number of hydrogen-bond donors (Lipinski definition) is 2. The van der Waals surface area contributed by atoms with E-state index in [4.69, 9.17) is 0 Å². The lowest BCUT2D eigenvalue weighted by molar-refractivity contribution is 0.215. The van der Waals surface area contributed by atoms with Gasteiger partial charge in [-0.25, -0.2) is 0 Å². The van der Waals surface area contributed by atoms with Crippen LogP contribution in [0.1, 0.15) is 22.8 Å². The van der Waals surface area contributed by atoms with Crippen LogP contribution in [0.15, 0.2) is 42.7 Å². The van der Waals surface area contributed by atoms with Crippen molar-refractivity contribution in [1.29, 1.82) is 0 Å². The zero-order valence-electron chi connectivity index (χ0n) is 8.96. The lowest BCUT2D eigenvalue weighted by Gasteiger charge is -2.13. The summed E-state index contributed by atoms with van der Waals surface area (Å²) >= 11 is 0. The Morgan fingerprint density at radius 1 is 1.19 bits per heavy atom. The number of pyridine rings is 1. The molecule has 0 radical (unpaired) electrons. The number of hydrogen-bond acceptors (Lipinski definition) is 3. The molecule has 0 amide bonds. The summed E-state index contributed by atoms with van der Waals surface area (Å²) < 4.78 is 0. The fraction of sp³-hybridized carbons (Fsp3) is 0.154. The molecule has 0 spiro atoms. The van der Waals surface area contributed by atoms with Crippen LogP contribution in [0.4, 0.5) is 0 Å². The maximum Gasteiger partial charge on any atom is 0.124 e. The van der Waals surface area contributed by atoms with Crippen molar-refractivity contribution >= 4 is 0 Å². The van der Waals surface area contributed by atoms with Crippen molar-refractivity contribution in [1.82, 2.24) is 4.98 Å². The topological polar surface area (TPSA) is 53.4 Å². The molecule has 0 aliphatic heterocycles. The highest BCUT2D eigenvalue weighted by Crippen LogP contribution is 2.30. The molecule has 3 heteroatoms. The SMILES string of the molecule is Cc1cccc([C@H](O)c2cccnc2)c1O. The van der Waals surface area contributed by atoms with E-state index < -0.39 is 6.10 Å². The number of rotatable bonds is 2. The second-order valence-electron chi connectivity index (χ2n) is 3.70. The number of phenolic OH excluding ortho intramolecular Hbond substituents is 1. The van der Waals surface area contributed by atoms with Crippen LogP contribution in [-0.4, -0.2) is 15.2 Å². The Morgan fingerprint density at radius 3 is 2.69 bits per heavy atom. The van der Waals surface area contributed by atoms with Crippen LogP contribution in [0, 0.1) is 6.92 Å². The molecule has 1 aromatic carbocycles. The minimum absolute atomic E-state index is 0.138. The number of aliphatic hydroxyl groups is 1. The van der Waals surface area contributed by atoms with Crippen LogP contribution in [0.5, 0.6) is 5.75 Å². The molecule has 0 aliphatic rings. The maximum absolute atomic E-state index is 10.1. The molecule has 0 fully saturated rings. The molecular formula is C13H13NO2. The first-order chi connectivity index (χ1) is 7.70. The maximum atomic E-state index is 10.1. The van der Waals surface area contributed by atoms with Gasteiger partial charge in [-0.05, 0) is 18.6 Å². The van der Waals surface area contributed by atoms with Gasteiger partial charge >= 0.3 is 0 Å². The fourth-order valence-corrected chi connectivity index (χ4v) is 1.62. The van der Waals surface area contributed by atoms with Crippen molar-refractivity contribution in [3.05, 3.63) is 59.4 Å². The summed E-state index contributed by atoms with van der Waals surface area (Å²) in [6, 6.07) is 8.85. The van der Waals surface area contributed by atoms with Crippen LogP contribution >= 0.6 is 0 Å². The van der Waals surface area contributed by atoms with E-state index in [2.05, 4.69) is 4.98 Å². The minimum Gasteiger partial charge on any atom is -0.507 e. The Balaban J connectivity index is 2.42. The fourth-order valence-electron chi connectivity index (χ4n) is 1.62. The largest absolute Gasteiger partial charge is 0.507 e. The van der Waals surface area contributed by atoms with E-state index in [9.17, 15) is 10.2 Å². The van der Waals surface area contributed by atoms with Crippen molar-refractivity contribution in [2.45, 2.75) is 13.0 Å². The average molecular weight is 215 g/mol. The monoisotopic (exact) mass is 215 g/mol. The number of nitrogens with zero attached hydrogens (tertiary/aromatic N) is 1. The molecule has 0 unspecified atom stereocenters. The number of aromatic nitrogens is 1. The molecule has 0 saturated carbocycles. The number of benzene rings is 1. The highest BCUT2D eigenvalue weighted by molar-refractivity contribution is 5.43. The number of aromatic hydroxyl groups is 1. The molecular weight excluding hydrogens is 202 g/mol. The molecule has 1 aromatic heterocycles. The van der Waals surface area contributed by atoms with Crippen molar-refractivity contribution in [3.8, 4) is 5.75 Å². The van der Waals surface area contributed by atoms with Crippen molar-refractivity contribution in [2.75, 3.05) is 0 Å². The summed E-state index contributed by atoms with van der Waals surface area (Å²) in [5.74, 6) is 0.138. The summed E-state index contributed by atoms with van der Waals surface area (Å²) in [6.45, 7) is 1.80. The van der Waals surface area contributed by atoms with E-state index in [0.717, 1.165) is 5.56 Å². The molecule has 16 heavy (non-hydrogen) atoms. The van der Waals surface area contributed by atoms with Crippen LogP contribution in [0.3, 0.4) is 0 Å². The molecule has 0 bridgehead atoms. The van der Waals surface area contributed by atoms with Gasteiger partial charge in [0.1, 0.15) is 11.9 Å². The standard InChI is InChI=1S/C13H13NO2/c1-9-4-2-6-11(12(9)15)13(16)10-5-3-7-14-8-10/h2-8,13,15-16H,1H3/t13-/m1/s1. The van der Waals surface area contributed by atoms with E-state index >= 15 is 0 Å². The van der Waals surface area contributed by atoms with Gasteiger partial charge in [0, 0.05) is 23.5 Å². The van der Waals surface area contributed by atoms with Gasteiger partial charge in [0.25, 0.3) is 0 Å². The highest BCUT2D eigenvalue weighted by Gasteiger charge is 2.15. The molecule has 2 N–H and O–H groups in total. The Morgan fingerprint density at radius 2 is 2.00 bits per heavy atom. The van der Waals surface area contributed by atoms with Gasteiger partial charge in [0.15, 0.2) is 0 Å². The Hall–Kier alpha value is -1.87. The third-order valence-corrected chi connectivity index (χ3v) is 2.56. The lowest BCUT2D eigenvalue weighted by atomic mass is 10.00. The first-order valence-corrected chi connectivity index (χ1v) is 5.06. The summed E-state index contributed by atoms with van der Waals surface area (Å²) in [4.78, 5) is 3.94. The van der Waals surface area contributed by atoms with Gasteiger partial charge in [-0.2, -0.15) is 0 Å². The molecule has 2 aromatic rings. The molecule has 1 atom stereocenters. The van der Waals surface area contributed by atoms with Gasteiger partial charge in [0.2, 0.25) is 0 Å². The van der Waals surface area contributed by atoms with Gasteiger partial charge in [-0.1, -0.05) is 24.3 Å². The predicted octanol–water partition coefficient (Wildman–Crippen LogP) is 2.18. The second-order valence-corrected chi connectivity index (χ2v) is 3.70. The molecule has 2 rings (SSSR count). The third kappa shape index (κ3) is 1.90. The van der Waals surface area contributed by atoms with E-state index in [1.165, 1.54) is 0 Å². The van der Waals surface area contributed by atoms with Crippen molar-refractivity contribution in [3.63, 3.8) is 0 Å². The van der Waals surface area contributed by atoms with Crippen LogP contribution in [0.25, 0.3) is 0 Å². The van der Waals surface area contributed by atoms with Crippen LogP contribution < -0.4 is 0 Å². The quantitative estimate of drug-likeness (QED) is 0.807. The van der Waals surface area contributed by atoms with Crippen molar-refractivity contribution < 1.29 is 10.2 Å². The Kier molecular flexibility index (Phi) is 2.88. The Bertz CT molecular complexity index is 483. The highest BCUT2D eigenvalue weighted by atomic mass is 16.3. The van der Waals surface area contributed by atoms with Crippen LogP contribution in [0.2, 0.25) is 0 Å². The van der Waals surface area contributed by atoms with Gasteiger partial charge in [-0.15, -0.1) is 0 Å². The Labute approximate surface area is 94.0 Å². The first kappa shape index (κ1) is 10.6. The first-order valence-electron chi connectivity index (χ1n) is 5.06. The molecule has 82 valence electrons. The van der Waals surface area contributed by atoms with E-state index in [-0.39, 0.29) is 5.75 Å². The number of para-hydroxylation sites is 1. The number of aliphatic hydroxyl groups excluding tert-OH is 1. The average Bonchev–Trinajstić information content (AvgIpc) is 2.33. The molecule has 3 nitrogen and oxygen atoms in total. The number of aryl methyl sites for hydroxylation is 1. The predicted molar refractivity (Wildman–Crippen MR) is 61.1 cm³/mol. The van der Waals surface area contributed by atoms with E-state index in [1.807, 2.05) is 6.07 Å². The number of phenols is 1. The summed E-state index contributed by atoms with van der Waals surface area (Å²) in [5.41, 5.74) is 1.93. The van der Waals surface area contributed by atoms with E-state index in [1.54, 1.807) is 43.6 Å². The van der Waals surface area contributed by atoms with Gasteiger partial charge < -0.3 is 10.2 Å². The third-order valence-electron chi connectivity index (χ3n) is 2.56. The van der Waals surface area contributed by atoms with E-state index in [0.29, 0.717) is 11.1 Å². The summed E-state index contributed by atoms with van der Waals surface area (Å²) in [7, 11) is 0. The van der Waals surface area contributed by atoms with Crippen molar-refractivity contribution in [2.24, 2.45) is 0 Å². The summed E-state index contributed by atoms with van der Waals surface area (Å²) in [5, 5.41) is 19.9. The smallest absolute Gasteiger partial charge is 0.124 e. The normalized spacial score (nSPS) is 12.4. The zero-order chi connectivity index (χ0) is 11.5. The van der Waals surface area contributed by atoms with Gasteiger partial charge in [0.05, 0.1) is 0 Å². The lowest BCUT2D eigenvalue weighted by Crippen LogP contribution is -2.00. The second kappa shape index (κ2) is 4.33. The minimum atomic E-state index is -0.839. The van der Waals surface area contributed by atoms with Gasteiger partial charge in [-0.3, -0.25) is 4.98 Å². The molecule has 0 saturated heterocycles. The van der Waals surface area contributed by atoms with Crippen LogP contribution in [-0.2, 0) is 0 Å². The molecule has 0 aliphatic carbocycles. The summed E-state index contributed by atoms with van der Waals surface area (Å²) in [6.07, 6.45) is 2.40. The molecule has 1 heterocycles.